The number of halogens is 2. The van der Waals surface area contributed by atoms with Gasteiger partial charge in [-0.2, -0.15) is 0 Å². The predicted octanol–water partition coefficient (Wildman–Crippen LogP) is 1.25. The number of likely N-dealkylation sites (tertiary alicyclic amines) is 1. The third-order valence-corrected chi connectivity index (χ3v) is 4.10. The third-order valence-electron chi connectivity index (χ3n) is 4.10. The molecule has 124 valence electrons. The van der Waals surface area contributed by atoms with Crippen molar-refractivity contribution in [2.45, 2.75) is 12.5 Å². The van der Waals surface area contributed by atoms with Crippen molar-refractivity contribution in [3.05, 3.63) is 24.3 Å². The first kappa shape index (κ1) is 15.5. The highest BCUT2D eigenvalue weighted by molar-refractivity contribution is 5.83. The lowest BCUT2D eigenvalue weighted by atomic mass is 9.97. The van der Waals surface area contributed by atoms with E-state index >= 15 is 0 Å². The normalized spacial score (nSPS) is 26.4. The fourth-order valence-electron chi connectivity index (χ4n) is 2.87. The van der Waals surface area contributed by atoms with Crippen LogP contribution in [-0.2, 0) is 9.59 Å². The number of aliphatic carboxylic acids is 1. The number of carbonyl (C=O) groups excluding carboxylic acids is 1. The zero-order valence-electron chi connectivity index (χ0n) is 12.0. The maximum Gasteiger partial charge on any atom is 0.308 e. The first-order valence-electron chi connectivity index (χ1n) is 7.15. The molecule has 1 N–H and O–H groups in total. The molecule has 1 fully saturated rings. The summed E-state index contributed by atoms with van der Waals surface area (Å²) >= 11 is 0. The Labute approximate surface area is 130 Å². The van der Waals surface area contributed by atoms with Crippen LogP contribution in [0.4, 0.5) is 8.78 Å². The van der Waals surface area contributed by atoms with Crippen molar-refractivity contribution in [3.63, 3.8) is 0 Å². The van der Waals surface area contributed by atoms with Crippen molar-refractivity contribution in [2.75, 3.05) is 19.7 Å². The number of carboxylic acid groups (broad SMARTS) is 1. The number of para-hydroxylation sites is 2. The summed E-state index contributed by atoms with van der Waals surface area (Å²) in [5.74, 6) is -3.59. The molecule has 1 aromatic rings. The van der Waals surface area contributed by atoms with Gasteiger partial charge in [0.2, 0.25) is 12.5 Å². The van der Waals surface area contributed by atoms with E-state index in [1.807, 2.05) is 0 Å². The van der Waals surface area contributed by atoms with Crippen LogP contribution in [0.25, 0.3) is 0 Å². The van der Waals surface area contributed by atoms with E-state index in [-0.39, 0.29) is 19.7 Å². The summed E-state index contributed by atoms with van der Waals surface area (Å²) in [6, 6.07) is 6.81. The van der Waals surface area contributed by atoms with Gasteiger partial charge in [-0.3, -0.25) is 9.59 Å². The molecular formula is C15H15F2NO5. The van der Waals surface area contributed by atoms with E-state index in [4.69, 9.17) is 14.6 Å². The van der Waals surface area contributed by atoms with Crippen molar-refractivity contribution in [1.82, 2.24) is 4.90 Å². The standard InChI is InChI=1S/C15H15F2NO5/c16-13(17)8-5-18(6-9(8)15(20)21)14(19)12-7-22-10-3-1-2-4-11(10)23-12/h1-4,8-9,12-13H,5-7H2,(H,20,21)/t8-,9-,12?/m1/s1. The van der Waals surface area contributed by atoms with Gasteiger partial charge in [0.25, 0.3) is 5.91 Å². The zero-order valence-corrected chi connectivity index (χ0v) is 12.0. The Morgan fingerprint density at radius 1 is 1.22 bits per heavy atom. The lowest BCUT2D eigenvalue weighted by Gasteiger charge is -2.28. The van der Waals surface area contributed by atoms with Crippen LogP contribution in [-0.4, -0.2) is 54.1 Å². The summed E-state index contributed by atoms with van der Waals surface area (Å²) < 4.78 is 36.9. The van der Waals surface area contributed by atoms with Crippen LogP contribution in [0.5, 0.6) is 11.5 Å². The monoisotopic (exact) mass is 327 g/mol. The molecule has 0 saturated carbocycles. The summed E-state index contributed by atoms with van der Waals surface area (Å²) in [5, 5.41) is 9.05. The van der Waals surface area contributed by atoms with Crippen LogP contribution in [0.15, 0.2) is 24.3 Å². The number of hydrogen-bond acceptors (Lipinski definition) is 4. The number of benzene rings is 1. The van der Waals surface area contributed by atoms with E-state index in [9.17, 15) is 18.4 Å². The Kier molecular flexibility index (Phi) is 4.06. The van der Waals surface area contributed by atoms with E-state index < -0.39 is 36.2 Å². The Balaban J connectivity index is 1.71. The molecule has 6 nitrogen and oxygen atoms in total. The number of amides is 1. The fourth-order valence-corrected chi connectivity index (χ4v) is 2.87. The maximum atomic E-state index is 13.0. The number of nitrogens with zero attached hydrogens (tertiary/aromatic N) is 1. The predicted molar refractivity (Wildman–Crippen MR) is 73.6 cm³/mol. The molecule has 8 heteroatoms. The Morgan fingerprint density at radius 3 is 2.52 bits per heavy atom. The molecule has 0 radical (unpaired) electrons. The summed E-state index contributed by atoms with van der Waals surface area (Å²) in [7, 11) is 0. The molecule has 23 heavy (non-hydrogen) atoms. The zero-order chi connectivity index (χ0) is 16.6. The Bertz CT molecular complexity index is 624. The molecule has 1 unspecified atom stereocenters. The second kappa shape index (κ2) is 6.02. The molecule has 3 rings (SSSR count). The van der Waals surface area contributed by atoms with Gasteiger partial charge in [0.1, 0.15) is 6.61 Å². The van der Waals surface area contributed by atoms with Gasteiger partial charge < -0.3 is 19.5 Å². The van der Waals surface area contributed by atoms with Gasteiger partial charge in [0, 0.05) is 13.1 Å². The van der Waals surface area contributed by atoms with Crippen molar-refractivity contribution in [3.8, 4) is 11.5 Å². The van der Waals surface area contributed by atoms with Crippen LogP contribution < -0.4 is 9.47 Å². The molecule has 1 aromatic carbocycles. The van der Waals surface area contributed by atoms with E-state index in [1.165, 1.54) is 0 Å². The molecule has 0 bridgehead atoms. The van der Waals surface area contributed by atoms with Gasteiger partial charge >= 0.3 is 5.97 Å². The number of fused-ring (bicyclic) bond motifs is 1. The fraction of sp³-hybridized carbons (Fsp3) is 0.467. The molecule has 2 aliphatic rings. The minimum absolute atomic E-state index is 0.0383. The average Bonchev–Trinajstić information content (AvgIpc) is 2.99. The highest BCUT2D eigenvalue weighted by Gasteiger charge is 2.46. The number of rotatable bonds is 3. The lowest BCUT2D eigenvalue weighted by Crippen LogP contribution is -2.45. The van der Waals surface area contributed by atoms with E-state index in [0.717, 1.165) is 4.90 Å². The number of hydrogen-bond donors (Lipinski definition) is 1. The van der Waals surface area contributed by atoms with Gasteiger partial charge in [0.15, 0.2) is 11.5 Å². The third kappa shape index (κ3) is 2.93. The second-order valence-corrected chi connectivity index (χ2v) is 5.55. The first-order valence-corrected chi connectivity index (χ1v) is 7.15. The Morgan fingerprint density at radius 2 is 1.91 bits per heavy atom. The number of alkyl halides is 2. The number of carboxylic acids is 1. The lowest BCUT2D eigenvalue weighted by molar-refractivity contribution is -0.144. The van der Waals surface area contributed by atoms with Gasteiger partial charge in [-0.25, -0.2) is 8.78 Å². The average molecular weight is 327 g/mol. The number of carbonyl (C=O) groups is 2. The van der Waals surface area contributed by atoms with Crippen LogP contribution in [0.1, 0.15) is 0 Å². The van der Waals surface area contributed by atoms with Gasteiger partial charge in [-0.05, 0) is 12.1 Å². The van der Waals surface area contributed by atoms with Crippen molar-refractivity contribution < 1.29 is 33.0 Å². The van der Waals surface area contributed by atoms with Crippen molar-refractivity contribution >= 4 is 11.9 Å². The van der Waals surface area contributed by atoms with Crippen LogP contribution in [0.3, 0.4) is 0 Å². The quantitative estimate of drug-likeness (QED) is 0.904. The number of ether oxygens (including phenoxy) is 2. The molecule has 2 heterocycles. The van der Waals surface area contributed by atoms with Crippen LogP contribution in [0.2, 0.25) is 0 Å². The topological polar surface area (TPSA) is 76.1 Å². The van der Waals surface area contributed by atoms with E-state index in [0.29, 0.717) is 11.5 Å². The van der Waals surface area contributed by atoms with Crippen molar-refractivity contribution in [2.24, 2.45) is 11.8 Å². The molecule has 1 saturated heterocycles. The highest BCUT2D eigenvalue weighted by atomic mass is 19.3. The Hall–Kier alpha value is -2.38. The maximum absolute atomic E-state index is 13.0. The summed E-state index contributed by atoms with van der Waals surface area (Å²) in [5.41, 5.74) is 0. The molecule has 2 aliphatic heterocycles. The molecule has 0 spiro atoms. The minimum Gasteiger partial charge on any atom is -0.485 e. The second-order valence-electron chi connectivity index (χ2n) is 5.55. The first-order chi connectivity index (χ1) is 11.0. The molecule has 1 amide bonds. The molecule has 0 aromatic heterocycles. The highest BCUT2D eigenvalue weighted by Crippen LogP contribution is 2.33. The van der Waals surface area contributed by atoms with Crippen LogP contribution >= 0.6 is 0 Å². The van der Waals surface area contributed by atoms with E-state index in [1.54, 1.807) is 24.3 Å². The van der Waals surface area contributed by atoms with Gasteiger partial charge in [0.05, 0.1) is 11.8 Å². The smallest absolute Gasteiger partial charge is 0.308 e. The largest absolute Gasteiger partial charge is 0.485 e. The molecule has 3 atom stereocenters. The summed E-state index contributed by atoms with van der Waals surface area (Å²) in [6.45, 7) is -0.580. The summed E-state index contributed by atoms with van der Waals surface area (Å²) in [4.78, 5) is 24.6. The summed E-state index contributed by atoms with van der Waals surface area (Å²) in [6.07, 6.45) is -3.76. The molecule has 0 aliphatic carbocycles. The molecular weight excluding hydrogens is 312 g/mol. The van der Waals surface area contributed by atoms with Gasteiger partial charge in [-0.1, -0.05) is 12.1 Å². The van der Waals surface area contributed by atoms with E-state index in [2.05, 4.69) is 0 Å². The minimum atomic E-state index is -2.79. The van der Waals surface area contributed by atoms with Crippen molar-refractivity contribution in [1.29, 1.82) is 0 Å². The van der Waals surface area contributed by atoms with Crippen LogP contribution in [0, 0.1) is 11.8 Å². The SMILES string of the molecule is O=C(O)[C@@H]1CN(C(=O)C2COc3ccccc3O2)C[C@H]1C(F)F. The van der Waals surface area contributed by atoms with Gasteiger partial charge in [-0.15, -0.1) is 0 Å².